The lowest BCUT2D eigenvalue weighted by Gasteiger charge is -2.25. The van der Waals surface area contributed by atoms with Gasteiger partial charge in [0.15, 0.2) is 12.4 Å². The van der Waals surface area contributed by atoms with Gasteiger partial charge >= 0.3 is 0 Å². The number of amides is 1. The number of rotatable bonds is 8. The molecule has 1 heterocycles. The molecule has 1 saturated heterocycles. The molecule has 1 unspecified atom stereocenters. The van der Waals surface area contributed by atoms with E-state index in [9.17, 15) is 9.59 Å². The van der Waals surface area contributed by atoms with E-state index in [2.05, 4.69) is 10.2 Å². The number of Topliss-reactive ketones (excluding diaryl/α,β-unsaturated/α-hetero) is 1. The smallest absolute Gasteiger partial charge is 0.258 e. The van der Waals surface area contributed by atoms with Crippen LogP contribution in [0.1, 0.15) is 41.7 Å². The molecule has 0 aliphatic carbocycles. The van der Waals surface area contributed by atoms with E-state index in [1.54, 1.807) is 24.3 Å². The molecule has 1 aliphatic rings. The van der Waals surface area contributed by atoms with Crippen LogP contribution in [0.25, 0.3) is 0 Å². The Labute approximate surface area is 160 Å². The number of nitrogens with zero attached hydrogens (tertiary/aromatic N) is 1. The number of hydrogen-bond donors (Lipinski definition) is 1. The third-order valence-corrected chi connectivity index (χ3v) is 4.81. The van der Waals surface area contributed by atoms with Gasteiger partial charge in [-0.25, -0.2) is 0 Å². The van der Waals surface area contributed by atoms with Crippen molar-refractivity contribution in [2.45, 2.75) is 25.8 Å². The largest absolute Gasteiger partial charge is 0.484 e. The van der Waals surface area contributed by atoms with Gasteiger partial charge in [0.1, 0.15) is 5.75 Å². The Morgan fingerprint density at radius 1 is 1.04 bits per heavy atom. The Kier molecular flexibility index (Phi) is 6.60. The molecule has 0 aromatic heterocycles. The molecule has 1 aliphatic heterocycles. The summed E-state index contributed by atoms with van der Waals surface area (Å²) in [6.07, 6.45) is 2.43. The van der Waals surface area contributed by atoms with Gasteiger partial charge in [0, 0.05) is 12.1 Å². The maximum Gasteiger partial charge on any atom is 0.258 e. The number of carbonyl (C=O) groups excluding carboxylic acids is 2. The van der Waals surface area contributed by atoms with E-state index in [0.29, 0.717) is 11.3 Å². The number of nitrogens with one attached hydrogen (secondary N) is 1. The Bertz CT molecular complexity index is 753. The van der Waals surface area contributed by atoms with Crippen LogP contribution in [0.4, 0.5) is 0 Å². The first kappa shape index (κ1) is 19.1. The monoisotopic (exact) mass is 366 g/mol. The first-order valence-electron chi connectivity index (χ1n) is 9.42. The Morgan fingerprint density at radius 3 is 2.33 bits per heavy atom. The summed E-state index contributed by atoms with van der Waals surface area (Å²) in [6.45, 7) is 4.44. The first-order valence-corrected chi connectivity index (χ1v) is 9.42. The topological polar surface area (TPSA) is 58.6 Å². The summed E-state index contributed by atoms with van der Waals surface area (Å²) in [5, 5.41) is 3.10. The normalized spacial score (nSPS) is 15.3. The third kappa shape index (κ3) is 5.66. The minimum Gasteiger partial charge on any atom is -0.484 e. The molecular weight excluding hydrogens is 340 g/mol. The highest BCUT2D eigenvalue weighted by molar-refractivity contribution is 5.94. The van der Waals surface area contributed by atoms with Gasteiger partial charge < -0.3 is 15.0 Å². The predicted molar refractivity (Wildman–Crippen MR) is 105 cm³/mol. The zero-order valence-corrected chi connectivity index (χ0v) is 15.7. The zero-order chi connectivity index (χ0) is 19.1. The van der Waals surface area contributed by atoms with Crippen molar-refractivity contribution >= 4 is 11.7 Å². The van der Waals surface area contributed by atoms with E-state index in [4.69, 9.17) is 4.74 Å². The van der Waals surface area contributed by atoms with Gasteiger partial charge in [-0.1, -0.05) is 30.3 Å². The van der Waals surface area contributed by atoms with Crippen molar-refractivity contribution in [2.75, 3.05) is 26.2 Å². The van der Waals surface area contributed by atoms with Gasteiger partial charge in [-0.05, 0) is 62.7 Å². The molecule has 2 aromatic rings. The molecule has 27 heavy (non-hydrogen) atoms. The molecule has 1 atom stereocenters. The lowest BCUT2D eigenvalue weighted by Crippen LogP contribution is -2.39. The van der Waals surface area contributed by atoms with Crippen molar-refractivity contribution < 1.29 is 14.3 Å². The molecule has 0 saturated carbocycles. The minimum absolute atomic E-state index is 0.00640. The SMILES string of the molecule is CC(=O)c1ccc(OCC(=O)NC(CN2CCCC2)c2ccccc2)cc1. The van der Waals surface area contributed by atoms with E-state index in [1.807, 2.05) is 30.3 Å². The van der Waals surface area contributed by atoms with Gasteiger partial charge in [-0.3, -0.25) is 9.59 Å². The summed E-state index contributed by atoms with van der Waals surface area (Å²) in [5.41, 5.74) is 1.73. The molecule has 3 rings (SSSR count). The minimum atomic E-state index is -0.154. The number of benzene rings is 2. The summed E-state index contributed by atoms with van der Waals surface area (Å²) < 4.78 is 5.57. The van der Waals surface area contributed by atoms with E-state index in [0.717, 1.165) is 25.2 Å². The average Bonchev–Trinajstić information content (AvgIpc) is 3.20. The van der Waals surface area contributed by atoms with Gasteiger partial charge in [0.2, 0.25) is 0 Å². The lowest BCUT2D eigenvalue weighted by atomic mass is 10.1. The molecule has 1 N–H and O–H groups in total. The summed E-state index contributed by atoms with van der Waals surface area (Å²) in [7, 11) is 0. The molecular formula is C22H26N2O3. The van der Waals surface area contributed by atoms with Crippen molar-refractivity contribution in [1.82, 2.24) is 10.2 Å². The molecule has 0 bridgehead atoms. The van der Waals surface area contributed by atoms with Gasteiger partial charge in [0.05, 0.1) is 6.04 Å². The second-order valence-electron chi connectivity index (χ2n) is 6.91. The summed E-state index contributed by atoms with van der Waals surface area (Å²) in [6, 6.07) is 16.8. The van der Waals surface area contributed by atoms with Gasteiger partial charge in [0.25, 0.3) is 5.91 Å². The van der Waals surface area contributed by atoms with E-state index >= 15 is 0 Å². The fourth-order valence-electron chi connectivity index (χ4n) is 3.31. The summed E-state index contributed by atoms with van der Waals surface area (Å²) in [5.74, 6) is 0.427. The van der Waals surface area contributed by atoms with Crippen LogP contribution in [0.15, 0.2) is 54.6 Å². The predicted octanol–water partition coefficient (Wildman–Crippen LogP) is 3.22. The van der Waals surface area contributed by atoms with Crippen molar-refractivity contribution in [2.24, 2.45) is 0 Å². The highest BCUT2D eigenvalue weighted by atomic mass is 16.5. The van der Waals surface area contributed by atoms with Gasteiger partial charge in [-0.2, -0.15) is 0 Å². The van der Waals surface area contributed by atoms with Crippen molar-refractivity contribution in [3.8, 4) is 5.75 Å². The van der Waals surface area contributed by atoms with Crippen molar-refractivity contribution in [3.05, 3.63) is 65.7 Å². The fourth-order valence-corrected chi connectivity index (χ4v) is 3.31. The van der Waals surface area contributed by atoms with Crippen LogP contribution in [0.3, 0.4) is 0 Å². The first-order chi connectivity index (χ1) is 13.1. The van der Waals surface area contributed by atoms with Crippen molar-refractivity contribution in [1.29, 1.82) is 0 Å². The average molecular weight is 366 g/mol. The number of ketones is 1. The molecule has 0 radical (unpaired) electrons. The molecule has 0 spiro atoms. The van der Waals surface area contributed by atoms with Crippen LogP contribution in [-0.2, 0) is 4.79 Å². The summed E-state index contributed by atoms with van der Waals surface area (Å²) >= 11 is 0. The number of hydrogen-bond acceptors (Lipinski definition) is 4. The Balaban J connectivity index is 1.57. The van der Waals surface area contributed by atoms with Crippen LogP contribution >= 0.6 is 0 Å². The quantitative estimate of drug-likeness (QED) is 0.729. The fraction of sp³-hybridized carbons (Fsp3) is 0.364. The molecule has 5 heteroatoms. The molecule has 2 aromatic carbocycles. The second kappa shape index (κ2) is 9.33. The van der Waals surface area contributed by atoms with Crippen LogP contribution < -0.4 is 10.1 Å². The van der Waals surface area contributed by atoms with Crippen LogP contribution in [0, 0.1) is 0 Å². The third-order valence-electron chi connectivity index (χ3n) is 4.81. The summed E-state index contributed by atoms with van der Waals surface area (Å²) in [4.78, 5) is 26.1. The number of carbonyl (C=O) groups is 2. The van der Waals surface area contributed by atoms with E-state index in [-0.39, 0.29) is 24.3 Å². The van der Waals surface area contributed by atoms with E-state index < -0.39 is 0 Å². The molecule has 142 valence electrons. The van der Waals surface area contributed by atoms with Crippen LogP contribution in [0.2, 0.25) is 0 Å². The van der Waals surface area contributed by atoms with Crippen molar-refractivity contribution in [3.63, 3.8) is 0 Å². The Hall–Kier alpha value is -2.66. The maximum atomic E-state index is 12.4. The standard InChI is InChI=1S/C22H26N2O3/c1-17(25)18-9-11-20(12-10-18)27-16-22(26)23-21(15-24-13-5-6-14-24)19-7-3-2-4-8-19/h2-4,7-12,21H,5-6,13-16H2,1H3,(H,23,26). The second-order valence-corrected chi connectivity index (χ2v) is 6.91. The zero-order valence-electron chi connectivity index (χ0n) is 15.7. The Morgan fingerprint density at radius 2 is 1.70 bits per heavy atom. The van der Waals surface area contributed by atoms with E-state index in [1.165, 1.54) is 19.8 Å². The van der Waals surface area contributed by atoms with Crippen LogP contribution in [0.5, 0.6) is 5.75 Å². The van der Waals surface area contributed by atoms with Gasteiger partial charge in [-0.15, -0.1) is 0 Å². The highest BCUT2D eigenvalue weighted by Crippen LogP contribution is 2.18. The maximum absolute atomic E-state index is 12.4. The number of ether oxygens (including phenoxy) is 1. The molecule has 1 fully saturated rings. The number of likely N-dealkylation sites (tertiary alicyclic amines) is 1. The molecule has 1 amide bonds. The molecule has 5 nitrogen and oxygen atoms in total. The highest BCUT2D eigenvalue weighted by Gasteiger charge is 2.20. The lowest BCUT2D eigenvalue weighted by molar-refractivity contribution is -0.124. The van der Waals surface area contributed by atoms with Crippen LogP contribution in [-0.4, -0.2) is 42.8 Å².